The number of alkyl halides is 1. The van der Waals surface area contributed by atoms with E-state index in [1.165, 1.54) is 18.3 Å². The number of amides is 1. The maximum Gasteiger partial charge on any atom is 0.250 e. The van der Waals surface area contributed by atoms with Crippen molar-refractivity contribution in [1.29, 1.82) is 0 Å². The van der Waals surface area contributed by atoms with Crippen molar-refractivity contribution >= 4 is 17.7 Å². The molecule has 0 radical (unpaired) electrons. The van der Waals surface area contributed by atoms with Crippen molar-refractivity contribution in [2.45, 2.75) is 23.7 Å². The minimum Gasteiger partial charge on any atom is -0.471 e. The summed E-state index contributed by atoms with van der Waals surface area (Å²) in [5, 5.41) is 0. The van der Waals surface area contributed by atoms with E-state index in [0.717, 1.165) is 12.2 Å². The molecule has 2 saturated heterocycles. The molecule has 7 heteroatoms. The minimum absolute atomic E-state index is 0.0120. The molecule has 1 spiro atoms. The van der Waals surface area contributed by atoms with Crippen LogP contribution >= 0.6 is 11.8 Å². The van der Waals surface area contributed by atoms with Gasteiger partial charge in [0.15, 0.2) is 5.82 Å². The number of aromatic nitrogens is 1. The molecule has 1 amide bonds. The third-order valence-corrected chi connectivity index (χ3v) is 5.37. The van der Waals surface area contributed by atoms with Crippen LogP contribution in [0.1, 0.15) is 12.8 Å². The van der Waals surface area contributed by atoms with E-state index >= 15 is 0 Å². The lowest BCUT2D eigenvalue weighted by Gasteiger charge is -2.47. The number of pyridine rings is 1. The van der Waals surface area contributed by atoms with Crippen molar-refractivity contribution in [3.05, 3.63) is 24.1 Å². The Labute approximate surface area is 125 Å². The van der Waals surface area contributed by atoms with Crippen LogP contribution in [0.4, 0.5) is 8.78 Å². The predicted octanol–water partition coefficient (Wildman–Crippen LogP) is 2.05. The van der Waals surface area contributed by atoms with Gasteiger partial charge in [-0.1, -0.05) is 0 Å². The van der Waals surface area contributed by atoms with Crippen LogP contribution < -0.4 is 4.74 Å². The molecule has 0 saturated carbocycles. The number of rotatable bonds is 4. The number of likely N-dealkylation sites (tertiary alicyclic amines) is 1. The first-order chi connectivity index (χ1) is 10.1. The van der Waals surface area contributed by atoms with Crippen LogP contribution in [0, 0.1) is 5.82 Å². The Bertz CT molecular complexity index is 537. The summed E-state index contributed by atoms with van der Waals surface area (Å²) in [4.78, 5) is 17.1. The third kappa shape index (κ3) is 2.97. The summed E-state index contributed by atoms with van der Waals surface area (Å²) in [7, 11) is 0. The summed E-state index contributed by atoms with van der Waals surface area (Å²) in [5.41, 5.74) is 0. The Morgan fingerprint density at radius 2 is 2.38 bits per heavy atom. The van der Waals surface area contributed by atoms with Gasteiger partial charge in [-0.15, -0.1) is 11.8 Å². The first kappa shape index (κ1) is 14.6. The molecule has 3 rings (SSSR count). The average molecular weight is 314 g/mol. The second kappa shape index (κ2) is 5.79. The summed E-state index contributed by atoms with van der Waals surface area (Å²) in [6.45, 7) is 0.641. The van der Waals surface area contributed by atoms with E-state index in [-0.39, 0.29) is 29.1 Å². The van der Waals surface area contributed by atoms with E-state index in [0.29, 0.717) is 13.1 Å². The molecule has 3 heterocycles. The molecular weight excluding hydrogens is 298 g/mol. The zero-order valence-electron chi connectivity index (χ0n) is 11.4. The maximum absolute atomic E-state index is 13.5. The molecule has 0 aliphatic carbocycles. The topological polar surface area (TPSA) is 42.4 Å². The van der Waals surface area contributed by atoms with E-state index in [1.807, 2.05) is 0 Å². The molecule has 0 N–H and O–H groups in total. The molecule has 4 nitrogen and oxygen atoms in total. The first-order valence-corrected chi connectivity index (χ1v) is 7.85. The Morgan fingerprint density at radius 1 is 1.57 bits per heavy atom. The van der Waals surface area contributed by atoms with Crippen molar-refractivity contribution in [3.63, 3.8) is 0 Å². The van der Waals surface area contributed by atoms with Crippen molar-refractivity contribution < 1.29 is 18.3 Å². The number of nitrogens with zero attached hydrogens (tertiary/aromatic N) is 2. The molecule has 2 aliphatic heterocycles. The third-order valence-electron chi connectivity index (χ3n) is 3.80. The minimum atomic E-state index is -0.611. The Balaban J connectivity index is 1.53. The van der Waals surface area contributed by atoms with E-state index in [2.05, 4.69) is 4.98 Å². The van der Waals surface area contributed by atoms with E-state index in [1.54, 1.807) is 16.7 Å². The van der Waals surface area contributed by atoms with E-state index < -0.39 is 12.5 Å². The van der Waals surface area contributed by atoms with Crippen molar-refractivity contribution in [1.82, 2.24) is 9.88 Å². The lowest BCUT2D eigenvalue weighted by molar-refractivity contribution is -0.136. The van der Waals surface area contributed by atoms with Crippen LogP contribution in [0.15, 0.2) is 18.3 Å². The first-order valence-electron chi connectivity index (χ1n) is 6.87. The highest BCUT2D eigenvalue weighted by Crippen LogP contribution is 2.46. The zero-order valence-corrected chi connectivity index (χ0v) is 12.2. The summed E-state index contributed by atoms with van der Waals surface area (Å²) in [6.07, 6.45) is 2.11. The van der Waals surface area contributed by atoms with Crippen LogP contribution in [0.3, 0.4) is 0 Å². The molecule has 21 heavy (non-hydrogen) atoms. The average Bonchev–Trinajstić information content (AvgIpc) is 2.84. The van der Waals surface area contributed by atoms with Gasteiger partial charge in [0.2, 0.25) is 5.91 Å². The van der Waals surface area contributed by atoms with Crippen molar-refractivity contribution in [3.8, 4) is 5.88 Å². The second-order valence-corrected chi connectivity index (χ2v) is 6.91. The Kier molecular flexibility index (Phi) is 4.01. The van der Waals surface area contributed by atoms with Crippen LogP contribution in [0.25, 0.3) is 0 Å². The second-order valence-electron chi connectivity index (χ2n) is 5.42. The highest BCUT2D eigenvalue weighted by atomic mass is 32.2. The SMILES string of the molecule is O=C(CCF)N1CC2(C[C@@H](Oc3ncccc3F)CS2)C1. The lowest BCUT2D eigenvalue weighted by atomic mass is 9.92. The van der Waals surface area contributed by atoms with Crippen LogP contribution in [-0.2, 0) is 4.79 Å². The zero-order chi connectivity index (χ0) is 14.9. The van der Waals surface area contributed by atoms with Gasteiger partial charge in [-0.05, 0) is 12.1 Å². The van der Waals surface area contributed by atoms with Gasteiger partial charge in [0, 0.05) is 31.5 Å². The highest BCUT2D eigenvalue weighted by Gasteiger charge is 2.51. The number of ether oxygens (including phenoxy) is 1. The quantitative estimate of drug-likeness (QED) is 0.853. The highest BCUT2D eigenvalue weighted by molar-refractivity contribution is 8.01. The van der Waals surface area contributed by atoms with Crippen molar-refractivity contribution in [2.24, 2.45) is 0 Å². The smallest absolute Gasteiger partial charge is 0.250 e. The van der Waals surface area contributed by atoms with Gasteiger partial charge in [-0.2, -0.15) is 0 Å². The van der Waals surface area contributed by atoms with Gasteiger partial charge in [-0.25, -0.2) is 9.37 Å². The summed E-state index contributed by atoms with van der Waals surface area (Å²) >= 11 is 1.74. The molecule has 0 aromatic carbocycles. The number of hydrogen-bond donors (Lipinski definition) is 0. The maximum atomic E-state index is 13.5. The van der Waals surface area contributed by atoms with Gasteiger partial charge in [0.1, 0.15) is 6.10 Å². The van der Waals surface area contributed by atoms with E-state index in [9.17, 15) is 13.6 Å². The fourth-order valence-electron chi connectivity index (χ4n) is 2.78. The van der Waals surface area contributed by atoms with Crippen molar-refractivity contribution in [2.75, 3.05) is 25.5 Å². The number of carbonyl (C=O) groups excluding carboxylic acids is 1. The van der Waals surface area contributed by atoms with Gasteiger partial charge in [-0.3, -0.25) is 9.18 Å². The largest absolute Gasteiger partial charge is 0.471 e. The molecule has 114 valence electrons. The van der Waals surface area contributed by atoms with Crippen LogP contribution in [0.5, 0.6) is 5.88 Å². The standard InChI is InChI=1S/C14H16F2N2O2S/c15-4-3-12(19)18-8-14(9-18)6-10(7-21-14)20-13-11(16)2-1-5-17-13/h1-2,5,10H,3-4,6-9H2/t10-/m1/s1. The molecule has 1 atom stereocenters. The van der Waals surface area contributed by atoms with Gasteiger partial charge < -0.3 is 9.64 Å². The van der Waals surface area contributed by atoms with Crippen LogP contribution in [0.2, 0.25) is 0 Å². The van der Waals surface area contributed by atoms with Gasteiger partial charge >= 0.3 is 0 Å². The fourth-order valence-corrected chi connectivity index (χ4v) is 4.30. The normalized spacial score (nSPS) is 23.1. The fraction of sp³-hybridized carbons (Fsp3) is 0.571. The molecule has 2 aliphatic rings. The number of thioether (sulfide) groups is 1. The predicted molar refractivity (Wildman–Crippen MR) is 75.6 cm³/mol. The van der Waals surface area contributed by atoms with E-state index in [4.69, 9.17) is 4.74 Å². The molecule has 2 fully saturated rings. The summed E-state index contributed by atoms with van der Waals surface area (Å²) in [5.74, 6) is 0.187. The number of halogens is 2. The lowest BCUT2D eigenvalue weighted by Crippen LogP contribution is -2.60. The molecular formula is C14H16F2N2O2S. The Hall–Kier alpha value is -1.37. The monoisotopic (exact) mass is 314 g/mol. The Morgan fingerprint density at radius 3 is 3.10 bits per heavy atom. The summed E-state index contributed by atoms with van der Waals surface area (Å²) in [6, 6.07) is 2.84. The molecule has 1 aromatic rings. The van der Waals surface area contributed by atoms with Crippen LogP contribution in [-0.4, -0.2) is 52.2 Å². The van der Waals surface area contributed by atoms with Gasteiger partial charge in [0.05, 0.1) is 17.8 Å². The number of carbonyl (C=O) groups is 1. The molecule has 0 unspecified atom stereocenters. The van der Waals surface area contributed by atoms with Gasteiger partial charge in [0.25, 0.3) is 5.88 Å². The molecule has 1 aromatic heterocycles. The molecule has 0 bridgehead atoms. The summed E-state index contributed by atoms with van der Waals surface area (Å²) < 4.78 is 31.3. The number of hydrogen-bond acceptors (Lipinski definition) is 4.